The minimum Gasteiger partial charge on any atom is -0.383 e. The predicted molar refractivity (Wildman–Crippen MR) is 167 cm³/mol. The van der Waals surface area contributed by atoms with Crippen molar-refractivity contribution < 1.29 is 9.32 Å². The van der Waals surface area contributed by atoms with Gasteiger partial charge in [0.2, 0.25) is 0 Å². The molecular formula is C31H36N10O2. The summed E-state index contributed by atoms with van der Waals surface area (Å²) >= 11 is 0. The Labute approximate surface area is 249 Å². The summed E-state index contributed by atoms with van der Waals surface area (Å²) < 4.78 is 7.08. The van der Waals surface area contributed by atoms with Crippen LogP contribution in [0.4, 0.5) is 22.1 Å². The van der Waals surface area contributed by atoms with Crippen LogP contribution in [0.3, 0.4) is 0 Å². The fraction of sp³-hybridized carbons (Fsp3) is 0.323. The Morgan fingerprint density at radius 2 is 1.70 bits per heavy atom. The minimum atomic E-state index is -0.426. The highest BCUT2D eigenvalue weighted by molar-refractivity contribution is 6.00. The molecule has 0 unspecified atom stereocenters. The SMILES string of the molecule is CN1CCN(Cc2ccc(-c3nn(-c4ccc(NC(=O)Nc5cc(C(C)(C)C)on5)cc4)c4ncnc(N)c34)cc2)CC1. The molecule has 0 radical (unpaired) electrons. The zero-order chi connectivity index (χ0) is 30.1. The number of aromatic nitrogens is 5. The highest BCUT2D eigenvalue weighted by atomic mass is 16.5. The van der Waals surface area contributed by atoms with Gasteiger partial charge in [-0.3, -0.25) is 10.2 Å². The van der Waals surface area contributed by atoms with Crippen LogP contribution in [-0.4, -0.2) is 74.0 Å². The highest BCUT2D eigenvalue weighted by Gasteiger charge is 2.21. The van der Waals surface area contributed by atoms with E-state index in [2.05, 4.69) is 66.9 Å². The van der Waals surface area contributed by atoms with Gasteiger partial charge in [0.1, 0.15) is 23.6 Å². The number of nitrogens with one attached hydrogen (secondary N) is 2. The van der Waals surface area contributed by atoms with Crippen LogP contribution >= 0.6 is 0 Å². The summed E-state index contributed by atoms with van der Waals surface area (Å²) in [5, 5.41) is 15.1. The predicted octanol–water partition coefficient (Wildman–Crippen LogP) is 4.74. The lowest BCUT2D eigenvalue weighted by molar-refractivity contribution is 0.148. The summed E-state index contributed by atoms with van der Waals surface area (Å²) in [6, 6.07) is 17.0. The van der Waals surface area contributed by atoms with Crippen molar-refractivity contribution in [3.63, 3.8) is 0 Å². The van der Waals surface area contributed by atoms with E-state index < -0.39 is 6.03 Å². The van der Waals surface area contributed by atoms with Gasteiger partial charge >= 0.3 is 6.03 Å². The van der Waals surface area contributed by atoms with Gasteiger partial charge in [-0.2, -0.15) is 5.10 Å². The van der Waals surface area contributed by atoms with Crippen molar-refractivity contribution in [3.05, 3.63) is 72.2 Å². The Hall–Kier alpha value is -4.81. The number of benzene rings is 2. The van der Waals surface area contributed by atoms with E-state index in [1.165, 1.54) is 11.9 Å². The maximum atomic E-state index is 12.6. The third-order valence-electron chi connectivity index (χ3n) is 7.58. The summed E-state index contributed by atoms with van der Waals surface area (Å²) in [5.74, 6) is 1.40. The number of carbonyl (C=O) groups excluding carboxylic acids is 1. The molecule has 1 saturated heterocycles. The monoisotopic (exact) mass is 580 g/mol. The van der Waals surface area contributed by atoms with E-state index in [-0.39, 0.29) is 5.41 Å². The van der Waals surface area contributed by atoms with Crippen LogP contribution in [0, 0.1) is 0 Å². The van der Waals surface area contributed by atoms with Crippen molar-refractivity contribution in [1.29, 1.82) is 0 Å². The molecule has 0 atom stereocenters. The Kier molecular flexibility index (Phi) is 7.55. The second-order valence-electron chi connectivity index (χ2n) is 11.9. The van der Waals surface area contributed by atoms with Gasteiger partial charge in [-0.15, -0.1) is 0 Å². The largest absolute Gasteiger partial charge is 0.383 e. The van der Waals surface area contributed by atoms with Gasteiger partial charge in [0.25, 0.3) is 0 Å². The zero-order valence-electron chi connectivity index (χ0n) is 24.8. The first-order chi connectivity index (χ1) is 20.6. The molecule has 2 amide bonds. The van der Waals surface area contributed by atoms with Crippen molar-refractivity contribution in [1.82, 2.24) is 34.7 Å². The smallest absolute Gasteiger partial charge is 0.324 e. The number of amides is 2. The summed E-state index contributed by atoms with van der Waals surface area (Å²) in [6.45, 7) is 11.3. The van der Waals surface area contributed by atoms with Crippen LogP contribution in [0.25, 0.3) is 28.0 Å². The van der Waals surface area contributed by atoms with Crippen molar-refractivity contribution in [2.45, 2.75) is 32.7 Å². The first-order valence-corrected chi connectivity index (χ1v) is 14.3. The molecule has 2 aromatic carbocycles. The molecule has 1 fully saturated rings. The van der Waals surface area contributed by atoms with Crippen LogP contribution in [0.15, 0.2) is 65.4 Å². The van der Waals surface area contributed by atoms with E-state index in [4.69, 9.17) is 15.4 Å². The van der Waals surface area contributed by atoms with E-state index in [0.717, 1.165) is 44.0 Å². The number of rotatable bonds is 6. The molecule has 0 saturated carbocycles. The molecular weight excluding hydrogens is 544 g/mol. The number of piperazine rings is 1. The number of urea groups is 1. The number of fused-ring (bicyclic) bond motifs is 1. The topological polar surface area (TPSA) is 143 Å². The normalized spacial score (nSPS) is 14.7. The summed E-state index contributed by atoms with van der Waals surface area (Å²) in [7, 11) is 2.17. The quantitative estimate of drug-likeness (QED) is 0.259. The van der Waals surface area contributed by atoms with Crippen molar-refractivity contribution >= 4 is 34.4 Å². The molecule has 43 heavy (non-hydrogen) atoms. The van der Waals surface area contributed by atoms with Crippen molar-refractivity contribution in [3.8, 4) is 16.9 Å². The fourth-order valence-corrected chi connectivity index (χ4v) is 5.04. The van der Waals surface area contributed by atoms with Crippen molar-refractivity contribution in [2.75, 3.05) is 49.6 Å². The lowest BCUT2D eigenvalue weighted by Gasteiger charge is -2.32. The number of hydrogen-bond acceptors (Lipinski definition) is 9. The highest BCUT2D eigenvalue weighted by Crippen LogP contribution is 2.32. The number of nitrogen functional groups attached to an aromatic ring is 1. The number of hydrogen-bond donors (Lipinski definition) is 3. The molecule has 4 heterocycles. The lowest BCUT2D eigenvalue weighted by Crippen LogP contribution is -2.43. The van der Waals surface area contributed by atoms with Crippen LogP contribution in [-0.2, 0) is 12.0 Å². The number of likely N-dealkylation sites (N-methyl/N-ethyl adjacent to an activating group) is 1. The van der Waals surface area contributed by atoms with E-state index in [9.17, 15) is 4.79 Å². The van der Waals surface area contributed by atoms with Gasteiger partial charge in [0, 0.05) is 55.5 Å². The Bertz CT molecular complexity index is 1730. The Morgan fingerprint density at radius 3 is 2.37 bits per heavy atom. The Morgan fingerprint density at radius 1 is 0.977 bits per heavy atom. The first kappa shape index (κ1) is 28.3. The minimum absolute atomic E-state index is 0.209. The number of carbonyl (C=O) groups is 1. The van der Waals surface area contributed by atoms with Gasteiger partial charge in [-0.25, -0.2) is 19.4 Å². The van der Waals surface area contributed by atoms with E-state index in [0.29, 0.717) is 39.8 Å². The standard InChI is InChI=1S/C31H36N10O2/c1-31(2,3)24-17-25(38-43-24)36-30(42)35-22-9-11-23(12-10-22)41-29-26(28(32)33-19-34-29)27(37-41)21-7-5-20(6-8-21)18-40-15-13-39(4)14-16-40/h5-12,17,19H,13-16,18H2,1-4H3,(H2,32,33,34)(H2,35,36,38,42). The summed E-state index contributed by atoms with van der Waals surface area (Å²) in [5.41, 5.74) is 11.0. The first-order valence-electron chi connectivity index (χ1n) is 14.3. The van der Waals surface area contributed by atoms with E-state index >= 15 is 0 Å². The third kappa shape index (κ3) is 6.20. The molecule has 6 rings (SSSR count). The lowest BCUT2D eigenvalue weighted by atomic mass is 9.93. The Balaban J connectivity index is 1.19. The summed E-state index contributed by atoms with van der Waals surface area (Å²) in [6.07, 6.45) is 1.44. The fourth-order valence-electron chi connectivity index (χ4n) is 5.04. The average molecular weight is 581 g/mol. The zero-order valence-corrected chi connectivity index (χ0v) is 24.8. The molecule has 1 aliphatic rings. The molecule has 5 aromatic rings. The van der Waals surface area contributed by atoms with Gasteiger partial charge < -0.3 is 20.5 Å². The second kappa shape index (κ2) is 11.5. The molecule has 1 aliphatic heterocycles. The van der Waals surface area contributed by atoms with Gasteiger partial charge in [0.15, 0.2) is 11.5 Å². The van der Waals surface area contributed by atoms with Gasteiger partial charge in [-0.1, -0.05) is 50.2 Å². The second-order valence-corrected chi connectivity index (χ2v) is 11.9. The average Bonchev–Trinajstić information content (AvgIpc) is 3.61. The van der Waals surface area contributed by atoms with Crippen molar-refractivity contribution in [2.24, 2.45) is 0 Å². The maximum Gasteiger partial charge on any atom is 0.324 e. The molecule has 4 N–H and O–H groups in total. The number of nitrogens with zero attached hydrogens (tertiary/aromatic N) is 7. The van der Waals surface area contributed by atoms with Gasteiger partial charge in [-0.05, 0) is 36.9 Å². The van der Waals surface area contributed by atoms with Gasteiger partial charge in [0.05, 0.1) is 11.1 Å². The molecule has 0 aliphatic carbocycles. The summed E-state index contributed by atoms with van der Waals surface area (Å²) in [4.78, 5) is 26.1. The molecule has 0 bridgehead atoms. The van der Waals surface area contributed by atoms with Crippen LogP contribution in [0.1, 0.15) is 32.1 Å². The molecule has 222 valence electrons. The van der Waals surface area contributed by atoms with E-state index in [1.54, 1.807) is 22.9 Å². The molecule has 12 heteroatoms. The van der Waals surface area contributed by atoms with Crippen LogP contribution in [0.5, 0.6) is 0 Å². The molecule has 3 aromatic heterocycles. The maximum absolute atomic E-state index is 12.6. The third-order valence-corrected chi connectivity index (χ3v) is 7.58. The number of anilines is 3. The number of nitrogens with two attached hydrogens (primary N) is 1. The molecule has 0 spiro atoms. The molecule has 12 nitrogen and oxygen atoms in total. The van der Waals surface area contributed by atoms with Crippen LogP contribution in [0.2, 0.25) is 0 Å². The van der Waals surface area contributed by atoms with Crippen LogP contribution < -0.4 is 16.4 Å². The van der Waals surface area contributed by atoms with E-state index in [1.807, 2.05) is 32.9 Å².